The summed E-state index contributed by atoms with van der Waals surface area (Å²) in [5.41, 5.74) is 0.687. The van der Waals surface area contributed by atoms with E-state index in [-0.39, 0.29) is 18.4 Å². The summed E-state index contributed by atoms with van der Waals surface area (Å²) in [4.78, 5) is 12.8. The van der Waals surface area contributed by atoms with Crippen molar-refractivity contribution in [1.29, 1.82) is 0 Å². The number of alkyl halides is 3. The second kappa shape index (κ2) is 6.32. The maximum Gasteiger partial charge on any atom is 0.397 e. The number of nitrogens with zero attached hydrogens (tertiary/aromatic N) is 1. The smallest absolute Gasteiger partial charge is 0.381 e. The van der Waals surface area contributed by atoms with E-state index in [0.717, 1.165) is 6.42 Å². The van der Waals surface area contributed by atoms with Crippen LogP contribution in [0.1, 0.15) is 19.3 Å². The van der Waals surface area contributed by atoms with E-state index >= 15 is 0 Å². The molecule has 1 atom stereocenters. The Morgan fingerprint density at radius 2 is 1.95 bits per heavy atom. The quantitative estimate of drug-likeness (QED) is 0.870. The normalized spacial score (nSPS) is 19.4. The Morgan fingerprint density at radius 3 is 2.57 bits per heavy atom. The van der Waals surface area contributed by atoms with Crippen molar-refractivity contribution in [2.24, 2.45) is 0 Å². The van der Waals surface area contributed by atoms with Gasteiger partial charge < -0.3 is 10.2 Å². The van der Waals surface area contributed by atoms with Crippen molar-refractivity contribution in [3.05, 3.63) is 30.1 Å². The van der Waals surface area contributed by atoms with E-state index in [4.69, 9.17) is 0 Å². The van der Waals surface area contributed by atoms with Gasteiger partial charge in [-0.05, 0) is 37.1 Å². The summed E-state index contributed by atoms with van der Waals surface area (Å²) in [5.74, 6) is -1.25. The molecular formula is C14H16F4N2O. The third-order valence-corrected chi connectivity index (χ3v) is 3.34. The molecule has 116 valence electrons. The van der Waals surface area contributed by atoms with Crippen LogP contribution in [0, 0.1) is 5.82 Å². The Bertz CT molecular complexity index is 487. The Balaban J connectivity index is 1.91. The molecule has 1 aromatic carbocycles. The number of hydrogen-bond donors (Lipinski definition) is 1. The first kappa shape index (κ1) is 15.6. The predicted octanol–water partition coefficient (Wildman–Crippen LogP) is 3.18. The van der Waals surface area contributed by atoms with Crippen molar-refractivity contribution < 1.29 is 22.4 Å². The Labute approximate surface area is 119 Å². The monoisotopic (exact) mass is 304 g/mol. The zero-order valence-electron chi connectivity index (χ0n) is 11.3. The highest BCUT2D eigenvalue weighted by atomic mass is 19.4. The van der Waals surface area contributed by atoms with Crippen LogP contribution >= 0.6 is 0 Å². The van der Waals surface area contributed by atoms with E-state index in [2.05, 4.69) is 5.32 Å². The van der Waals surface area contributed by atoms with E-state index in [1.807, 2.05) is 0 Å². The summed E-state index contributed by atoms with van der Waals surface area (Å²) >= 11 is 0. The minimum Gasteiger partial charge on any atom is -0.381 e. The molecular weight excluding hydrogens is 288 g/mol. The summed E-state index contributed by atoms with van der Waals surface area (Å²) in [5, 5.41) is 3.11. The minimum absolute atomic E-state index is 0.124. The minimum atomic E-state index is -4.48. The molecule has 0 aliphatic carbocycles. The number of nitrogens with one attached hydrogen (secondary N) is 1. The number of hydrogen-bond acceptors (Lipinski definition) is 2. The zero-order valence-corrected chi connectivity index (χ0v) is 11.3. The van der Waals surface area contributed by atoms with Gasteiger partial charge in [0.05, 0.1) is 0 Å². The van der Waals surface area contributed by atoms with Gasteiger partial charge in [-0.25, -0.2) is 4.39 Å². The molecule has 1 N–H and O–H groups in total. The van der Waals surface area contributed by atoms with Gasteiger partial charge in [-0.1, -0.05) is 0 Å². The van der Waals surface area contributed by atoms with Crippen molar-refractivity contribution in [1.82, 2.24) is 4.90 Å². The molecule has 0 saturated carbocycles. The first-order valence-corrected chi connectivity index (χ1v) is 6.70. The summed E-state index contributed by atoms with van der Waals surface area (Å²) in [7, 11) is 0. The number of anilines is 1. The fourth-order valence-electron chi connectivity index (χ4n) is 2.39. The Kier molecular flexibility index (Phi) is 4.69. The number of amides is 1. The largest absolute Gasteiger partial charge is 0.397 e. The molecule has 1 saturated heterocycles. The maximum atomic E-state index is 12.8. The Hall–Kier alpha value is -1.79. The van der Waals surface area contributed by atoms with Gasteiger partial charge in [-0.15, -0.1) is 0 Å². The average molecular weight is 304 g/mol. The SMILES string of the molecule is O=C(CC(F)(F)F)N1CCCC(Nc2ccc(F)cc2)C1. The molecule has 1 heterocycles. The van der Waals surface area contributed by atoms with E-state index in [1.54, 1.807) is 12.1 Å². The van der Waals surface area contributed by atoms with Crippen LogP contribution in [-0.2, 0) is 4.79 Å². The van der Waals surface area contributed by atoms with E-state index in [0.29, 0.717) is 18.7 Å². The highest BCUT2D eigenvalue weighted by Gasteiger charge is 2.34. The van der Waals surface area contributed by atoms with Crippen LogP contribution in [0.2, 0.25) is 0 Å². The second-order valence-electron chi connectivity index (χ2n) is 5.12. The van der Waals surface area contributed by atoms with Crippen molar-refractivity contribution in [2.75, 3.05) is 18.4 Å². The second-order valence-corrected chi connectivity index (χ2v) is 5.12. The highest BCUT2D eigenvalue weighted by molar-refractivity contribution is 5.77. The first-order valence-electron chi connectivity index (χ1n) is 6.70. The van der Waals surface area contributed by atoms with E-state index in [9.17, 15) is 22.4 Å². The van der Waals surface area contributed by atoms with Crippen LogP contribution in [0.15, 0.2) is 24.3 Å². The molecule has 0 radical (unpaired) electrons. The number of rotatable bonds is 3. The van der Waals surface area contributed by atoms with Gasteiger partial charge in [-0.2, -0.15) is 13.2 Å². The van der Waals surface area contributed by atoms with Crippen LogP contribution in [-0.4, -0.2) is 36.1 Å². The number of benzene rings is 1. The standard InChI is InChI=1S/C14H16F4N2O/c15-10-3-5-11(6-4-10)19-12-2-1-7-20(9-12)13(21)8-14(16,17)18/h3-6,12,19H,1-2,7-9H2. The van der Waals surface area contributed by atoms with Crippen LogP contribution in [0.25, 0.3) is 0 Å². The van der Waals surface area contributed by atoms with E-state index in [1.165, 1.54) is 17.0 Å². The van der Waals surface area contributed by atoms with Gasteiger partial charge in [0.15, 0.2) is 0 Å². The van der Waals surface area contributed by atoms with Crippen molar-refractivity contribution >= 4 is 11.6 Å². The lowest BCUT2D eigenvalue weighted by Gasteiger charge is -2.34. The number of carbonyl (C=O) groups excluding carboxylic acids is 1. The lowest BCUT2D eigenvalue weighted by atomic mass is 10.0. The van der Waals surface area contributed by atoms with Crippen LogP contribution in [0.5, 0.6) is 0 Å². The lowest BCUT2D eigenvalue weighted by molar-refractivity contribution is -0.162. The predicted molar refractivity (Wildman–Crippen MR) is 70.3 cm³/mol. The number of piperidine rings is 1. The maximum absolute atomic E-state index is 12.8. The molecule has 0 aromatic heterocycles. The van der Waals surface area contributed by atoms with Crippen LogP contribution in [0.3, 0.4) is 0 Å². The molecule has 21 heavy (non-hydrogen) atoms. The molecule has 1 aliphatic heterocycles. The molecule has 1 unspecified atom stereocenters. The molecule has 1 aromatic rings. The van der Waals surface area contributed by atoms with Crippen LogP contribution in [0.4, 0.5) is 23.2 Å². The summed E-state index contributed by atoms with van der Waals surface area (Å²) in [6, 6.07) is 5.61. The topological polar surface area (TPSA) is 32.3 Å². The third-order valence-electron chi connectivity index (χ3n) is 3.34. The molecule has 0 spiro atoms. The van der Waals surface area contributed by atoms with Gasteiger partial charge in [0.25, 0.3) is 0 Å². The molecule has 3 nitrogen and oxygen atoms in total. The van der Waals surface area contributed by atoms with Crippen LogP contribution < -0.4 is 5.32 Å². The van der Waals surface area contributed by atoms with Gasteiger partial charge in [0, 0.05) is 24.8 Å². The lowest BCUT2D eigenvalue weighted by Crippen LogP contribution is -2.46. The molecule has 1 amide bonds. The summed E-state index contributed by atoms with van der Waals surface area (Å²) < 4.78 is 49.5. The fourth-order valence-corrected chi connectivity index (χ4v) is 2.39. The van der Waals surface area contributed by atoms with Gasteiger partial charge in [-0.3, -0.25) is 4.79 Å². The summed E-state index contributed by atoms with van der Waals surface area (Å²) in [6.45, 7) is 0.572. The van der Waals surface area contributed by atoms with Crippen molar-refractivity contribution in [2.45, 2.75) is 31.5 Å². The summed E-state index contributed by atoms with van der Waals surface area (Å²) in [6.07, 6.45) is -4.50. The van der Waals surface area contributed by atoms with E-state index < -0.39 is 18.5 Å². The fraction of sp³-hybridized carbons (Fsp3) is 0.500. The van der Waals surface area contributed by atoms with Crippen molar-refractivity contribution in [3.63, 3.8) is 0 Å². The molecule has 1 fully saturated rings. The Morgan fingerprint density at radius 1 is 1.29 bits per heavy atom. The number of halogens is 4. The van der Waals surface area contributed by atoms with Gasteiger partial charge >= 0.3 is 6.18 Å². The zero-order chi connectivity index (χ0) is 15.5. The molecule has 2 rings (SSSR count). The number of carbonyl (C=O) groups is 1. The molecule has 0 bridgehead atoms. The highest BCUT2D eigenvalue weighted by Crippen LogP contribution is 2.23. The van der Waals surface area contributed by atoms with Crippen molar-refractivity contribution in [3.8, 4) is 0 Å². The van der Waals surface area contributed by atoms with Gasteiger partial charge in [0.2, 0.25) is 5.91 Å². The number of likely N-dealkylation sites (tertiary alicyclic amines) is 1. The van der Waals surface area contributed by atoms with Gasteiger partial charge in [0.1, 0.15) is 12.2 Å². The average Bonchev–Trinajstić information content (AvgIpc) is 2.40. The third kappa shape index (κ3) is 4.91. The first-order chi connectivity index (χ1) is 9.83. The molecule has 1 aliphatic rings. The molecule has 7 heteroatoms.